The second-order valence-corrected chi connectivity index (χ2v) is 10.0. The van der Waals surface area contributed by atoms with Crippen molar-refractivity contribution in [2.45, 2.75) is 39.8 Å². The van der Waals surface area contributed by atoms with E-state index in [1.54, 1.807) is 11.0 Å². The minimum absolute atomic E-state index is 0.260. The lowest BCUT2D eigenvalue weighted by molar-refractivity contribution is 0.194. The van der Waals surface area contributed by atoms with Crippen LogP contribution in [0.15, 0.2) is 91.1 Å². The van der Waals surface area contributed by atoms with E-state index in [1.807, 2.05) is 85.4 Å². The molecule has 1 aliphatic heterocycles. The van der Waals surface area contributed by atoms with Crippen LogP contribution in [0.4, 0.5) is 14.9 Å². The Labute approximate surface area is 227 Å². The summed E-state index contributed by atoms with van der Waals surface area (Å²) in [6, 6.07) is 25.7. The molecule has 6 nitrogen and oxygen atoms in total. The number of urea groups is 1. The predicted molar refractivity (Wildman–Crippen MR) is 151 cm³/mol. The number of carbonyl (C=O) groups excluding carboxylic acids is 1. The Morgan fingerprint density at radius 1 is 0.974 bits per heavy atom. The summed E-state index contributed by atoms with van der Waals surface area (Å²) in [5.41, 5.74) is 7.23. The molecule has 2 amide bonds. The average molecular weight is 520 g/mol. The maximum atomic E-state index is 14.6. The van der Waals surface area contributed by atoms with E-state index < -0.39 is 6.04 Å². The summed E-state index contributed by atoms with van der Waals surface area (Å²) < 4.78 is 18.6. The van der Waals surface area contributed by atoms with Crippen LogP contribution in [0, 0.1) is 19.7 Å². The largest absolute Gasteiger partial charge is 0.322 e. The molecule has 1 atom stereocenters. The van der Waals surface area contributed by atoms with Gasteiger partial charge in [0, 0.05) is 17.4 Å². The van der Waals surface area contributed by atoms with Crippen LogP contribution in [0.2, 0.25) is 0 Å². The van der Waals surface area contributed by atoms with Gasteiger partial charge in [0.1, 0.15) is 11.6 Å². The summed E-state index contributed by atoms with van der Waals surface area (Å²) in [6.45, 7) is 6.40. The van der Waals surface area contributed by atoms with Crippen molar-refractivity contribution in [1.82, 2.24) is 19.2 Å². The molecule has 196 valence electrons. The highest BCUT2D eigenvalue weighted by Gasteiger charge is 2.36. The van der Waals surface area contributed by atoms with Gasteiger partial charge in [0.25, 0.3) is 0 Å². The standard InChI is InChI=1S/C32H30FN5O/c1-4-28-27-20-37(32(39)34-25-17-21(2)16-22(3)18-25)30(23-10-8-11-24(33)19-23)29-14-9-15-36(29)31(27)38(35-28)26-12-6-5-7-13-26/h5-19,30H,4,20H2,1-3H3,(H,34,39)/t30-/m1/s1. The Morgan fingerprint density at radius 3 is 2.46 bits per heavy atom. The average Bonchev–Trinajstić information content (AvgIpc) is 3.49. The number of rotatable bonds is 4. The molecule has 0 bridgehead atoms. The lowest BCUT2D eigenvalue weighted by Crippen LogP contribution is -2.38. The smallest absolute Gasteiger partial charge is 0.308 e. The molecule has 1 aliphatic rings. The molecule has 0 fully saturated rings. The van der Waals surface area contributed by atoms with E-state index in [9.17, 15) is 9.18 Å². The van der Waals surface area contributed by atoms with Gasteiger partial charge < -0.3 is 14.8 Å². The number of hydrogen-bond acceptors (Lipinski definition) is 2. The summed E-state index contributed by atoms with van der Waals surface area (Å²) >= 11 is 0. The van der Waals surface area contributed by atoms with Crippen molar-refractivity contribution in [3.05, 3.63) is 131 Å². The van der Waals surface area contributed by atoms with Gasteiger partial charge in [-0.3, -0.25) is 0 Å². The van der Waals surface area contributed by atoms with Crippen molar-refractivity contribution in [2.75, 3.05) is 5.32 Å². The van der Waals surface area contributed by atoms with Crippen molar-refractivity contribution in [3.8, 4) is 11.5 Å². The number of aryl methyl sites for hydroxylation is 3. The fourth-order valence-electron chi connectivity index (χ4n) is 5.62. The van der Waals surface area contributed by atoms with Gasteiger partial charge >= 0.3 is 6.03 Å². The fraction of sp³-hybridized carbons (Fsp3) is 0.188. The van der Waals surface area contributed by atoms with Crippen LogP contribution in [-0.4, -0.2) is 25.3 Å². The van der Waals surface area contributed by atoms with Crippen LogP contribution < -0.4 is 5.32 Å². The van der Waals surface area contributed by atoms with E-state index in [0.29, 0.717) is 18.5 Å². The number of benzene rings is 3. The second-order valence-electron chi connectivity index (χ2n) is 10.0. The van der Waals surface area contributed by atoms with E-state index in [-0.39, 0.29) is 11.8 Å². The van der Waals surface area contributed by atoms with E-state index in [2.05, 4.69) is 22.9 Å². The van der Waals surface area contributed by atoms with Crippen molar-refractivity contribution in [1.29, 1.82) is 0 Å². The number of nitrogens with one attached hydrogen (secondary N) is 1. The molecule has 39 heavy (non-hydrogen) atoms. The van der Waals surface area contributed by atoms with Gasteiger partial charge in [-0.2, -0.15) is 5.10 Å². The molecule has 6 rings (SSSR count). The number of nitrogens with zero attached hydrogens (tertiary/aromatic N) is 4. The van der Waals surface area contributed by atoms with Gasteiger partial charge in [-0.05, 0) is 85.5 Å². The van der Waals surface area contributed by atoms with E-state index in [0.717, 1.165) is 45.3 Å². The van der Waals surface area contributed by atoms with Gasteiger partial charge in [-0.25, -0.2) is 13.9 Å². The summed E-state index contributed by atoms with van der Waals surface area (Å²) in [4.78, 5) is 15.9. The quantitative estimate of drug-likeness (QED) is 0.275. The highest BCUT2D eigenvalue weighted by atomic mass is 19.1. The maximum absolute atomic E-state index is 14.6. The van der Waals surface area contributed by atoms with Crippen molar-refractivity contribution >= 4 is 11.7 Å². The van der Waals surface area contributed by atoms with E-state index in [1.165, 1.54) is 12.1 Å². The Kier molecular flexibility index (Phi) is 6.27. The minimum Gasteiger partial charge on any atom is -0.308 e. The number of fused-ring (bicyclic) bond motifs is 3. The summed E-state index contributed by atoms with van der Waals surface area (Å²) in [7, 11) is 0. The number of amides is 2. The highest BCUT2D eigenvalue weighted by molar-refractivity contribution is 5.90. The summed E-state index contributed by atoms with van der Waals surface area (Å²) in [5.74, 6) is 0.549. The van der Waals surface area contributed by atoms with E-state index in [4.69, 9.17) is 5.10 Å². The first-order chi connectivity index (χ1) is 18.9. The molecule has 0 unspecified atom stereocenters. The van der Waals surface area contributed by atoms with Gasteiger partial charge in [-0.15, -0.1) is 0 Å². The lowest BCUT2D eigenvalue weighted by atomic mass is 10.0. The zero-order valence-corrected chi connectivity index (χ0v) is 22.2. The molecular weight excluding hydrogens is 489 g/mol. The first-order valence-electron chi connectivity index (χ1n) is 13.2. The Hall–Kier alpha value is -4.65. The van der Waals surface area contributed by atoms with Crippen LogP contribution in [-0.2, 0) is 13.0 Å². The minimum atomic E-state index is -0.525. The molecule has 1 N–H and O–H groups in total. The molecule has 2 aromatic heterocycles. The first kappa shape index (κ1) is 24.7. The zero-order chi connectivity index (χ0) is 27.1. The molecule has 0 aliphatic carbocycles. The Bertz CT molecular complexity index is 1650. The number of carbonyl (C=O) groups is 1. The molecule has 0 radical (unpaired) electrons. The zero-order valence-electron chi connectivity index (χ0n) is 22.2. The molecule has 0 saturated carbocycles. The van der Waals surface area contributed by atoms with Gasteiger partial charge in [0.2, 0.25) is 0 Å². The fourth-order valence-corrected chi connectivity index (χ4v) is 5.62. The van der Waals surface area contributed by atoms with Crippen LogP contribution >= 0.6 is 0 Å². The second kappa shape index (κ2) is 9.91. The third-order valence-electron chi connectivity index (χ3n) is 7.20. The third kappa shape index (κ3) is 4.50. The summed E-state index contributed by atoms with van der Waals surface area (Å²) in [5, 5.41) is 8.11. The number of para-hydroxylation sites is 1. The number of anilines is 1. The topological polar surface area (TPSA) is 55.1 Å². The molecule has 7 heteroatoms. The van der Waals surface area contributed by atoms with Gasteiger partial charge in [-0.1, -0.05) is 43.3 Å². The molecule has 0 spiro atoms. The van der Waals surface area contributed by atoms with Crippen molar-refractivity contribution in [2.24, 2.45) is 0 Å². The number of halogens is 1. The Balaban J connectivity index is 1.55. The molecule has 5 aromatic rings. The van der Waals surface area contributed by atoms with Gasteiger partial charge in [0.15, 0.2) is 0 Å². The van der Waals surface area contributed by atoms with Crippen LogP contribution in [0.1, 0.15) is 46.6 Å². The van der Waals surface area contributed by atoms with Crippen LogP contribution in [0.3, 0.4) is 0 Å². The first-order valence-corrected chi connectivity index (χ1v) is 13.2. The van der Waals surface area contributed by atoms with Crippen molar-refractivity contribution < 1.29 is 9.18 Å². The maximum Gasteiger partial charge on any atom is 0.322 e. The molecular formula is C32H30FN5O. The number of hydrogen-bond donors (Lipinski definition) is 1. The molecule has 0 saturated heterocycles. The lowest BCUT2D eigenvalue weighted by Gasteiger charge is -2.31. The van der Waals surface area contributed by atoms with Crippen molar-refractivity contribution in [3.63, 3.8) is 0 Å². The third-order valence-corrected chi connectivity index (χ3v) is 7.20. The molecule has 3 heterocycles. The SMILES string of the molecule is CCc1nn(-c2ccccc2)c2c1CN(C(=O)Nc1cc(C)cc(C)c1)[C@H](c1cccc(F)c1)c1cccn1-2. The monoisotopic (exact) mass is 519 g/mol. The molecule has 3 aromatic carbocycles. The van der Waals surface area contributed by atoms with Crippen LogP contribution in [0.5, 0.6) is 0 Å². The van der Waals surface area contributed by atoms with E-state index >= 15 is 0 Å². The van der Waals surface area contributed by atoms with Gasteiger partial charge in [0.05, 0.1) is 29.7 Å². The predicted octanol–water partition coefficient (Wildman–Crippen LogP) is 7.12. The van der Waals surface area contributed by atoms with Crippen LogP contribution in [0.25, 0.3) is 11.5 Å². The number of aromatic nitrogens is 3. The summed E-state index contributed by atoms with van der Waals surface area (Å²) in [6.07, 6.45) is 2.70. The highest BCUT2D eigenvalue weighted by Crippen LogP contribution is 2.39. The normalized spacial score (nSPS) is 14.5. The Morgan fingerprint density at radius 2 is 1.74 bits per heavy atom.